The van der Waals surface area contributed by atoms with E-state index in [1.165, 1.54) is 10.6 Å². The number of aromatic nitrogens is 4. The van der Waals surface area contributed by atoms with Crippen LogP contribution in [-0.4, -0.2) is 41.1 Å². The molecule has 0 atom stereocenters. The number of ether oxygens (including phenoxy) is 2. The largest absolute Gasteiger partial charge is 0.497 e. The summed E-state index contributed by atoms with van der Waals surface area (Å²) in [7, 11) is -0.611. The average molecular weight is 536 g/mol. The highest BCUT2D eigenvalue weighted by atomic mass is 32.2. The van der Waals surface area contributed by atoms with Crippen LogP contribution in [0.1, 0.15) is 31.4 Å². The second kappa shape index (κ2) is 10.8. The van der Waals surface area contributed by atoms with Crippen molar-refractivity contribution in [1.82, 2.24) is 24.3 Å². The van der Waals surface area contributed by atoms with Gasteiger partial charge < -0.3 is 14.0 Å². The second-order valence-electron chi connectivity index (χ2n) is 9.27. The Morgan fingerprint density at radius 3 is 2.45 bits per heavy atom. The number of hydrogen-bond acceptors (Lipinski definition) is 7. The van der Waals surface area contributed by atoms with Crippen LogP contribution < -0.4 is 19.8 Å². The van der Waals surface area contributed by atoms with Gasteiger partial charge in [0.25, 0.3) is 0 Å². The van der Waals surface area contributed by atoms with E-state index in [0.29, 0.717) is 11.3 Å². The molecule has 0 bridgehead atoms. The fraction of sp³-hybridized carbons (Fsp3) is 0.296. The van der Waals surface area contributed by atoms with E-state index in [1.54, 1.807) is 55.5 Å². The highest BCUT2D eigenvalue weighted by Crippen LogP contribution is 2.31. The number of rotatable bonds is 9. The van der Waals surface area contributed by atoms with Gasteiger partial charge in [0.2, 0.25) is 15.6 Å². The summed E-state index contributed by atoms with van der Waals surface area (Å²) in [6.45, 7) is 0.0291. The first-order valence-corrected chi connectivity index (χ1v) is 13.8. The van der Waals surface area contributed by atoms with E-state index in [9.17, 15) is 13.2 Å². The van der Waals surface area contributed by atoms with Gasteiger partial charge in [-0.05, 0) is 66.4 Å². The quantitative estimate of drug-likeness (QED) is 0.349. The molecule has 0 radical (unpaired) electrons. The number of nitrogens with zero attached hydrogens (tertiary/aromatic N) is 4. The number of hydrogen-bond donors (Lipinski definition) is 1. The van der Waals surface area contributed by atoms with Gasteiger partial charge in [-0.1, -0.05) is 24.1 Å². The lowest BCUT2D eigenvalue weighted by Crippen LogP contribution is -2.33. The number of aryl methyl sites for hydroxylation is 1. The molecule has 0 amide bonds. The van der Waals surface area contributed by atoms with E-state index in [4.69, 9.17) is 9.47 Å². The van der Waals surface area contributed by atoms with Crippen LogP contribution in [0.4, 0.5) is 0 Å². The van der Waals surface area contributed by atoms with Gasteiger partial charge in [0.05, 0.1) is 19.0 Å². The third-order valence-electron chi connectivity index (χ3n) is 6.58. The summed E-state index contributed by atoms with van der Waals surface area (Å²) in [5.74, 6) is 0.946. The molecule has 2 aromatic carbocycles. The second-order valence-corrected chi connectivity index (χ2v) is 11.0. The molecule has 38 heavy (non-hydrogen) atoms. The third kappa shape index (κ3) is 5.63. The maximum absolute atomic E-state index is 13.5. The smallest absolute Gasteiger partial charge is 0.250 e. The Morgan fingerprint density at radius 2 is 1.74 bits per heavy atom. The van der Waals surface area contributed by atoms with Crippen LogP contribution in [0.5, 0.6) is 11.5 Å². The van der Waals surface area contributed by atoms with Crippen molar-refractivity contribution in [3.63, 3.8) is 0 Å². The predicted molar refractivity (Wildman–Crippen MR) is 142 cm³/mol. The highest BCUT2D eigenvalue weighted by Gasteiger charge is 2.26. The molecule has 2 heterocycles. The maximum atomic E-state index is 13.5. The van der Waals surface area contributed by atoms with Gasteiger partial charge in [-0.15, -0.1) is 5.10 Å². The van der Waals surface area contributed by atoms with Crippen LogP contribution in [0.2, 0.25) is 0 Å². The maximum Gasteiger partial charge on any atom is 0.250 e. The molecule has 0 spiro atoms. The van der Waals surface area contributed by atoms with Crippen molar-refractivity contribution in [3.05, 3.63) is 83.0 Å². The highest BCUT2D eigenvalue weighted by molar-refractivity contribution is 7.89. The Bertz CT molecular complexity index is 1590. The van der Waals surface area contributed by atoms with Gasteiger partial charge in [-0.3, -0.25) is 4.79 Å². The molecule has 11 heteroatoms. The molecule has 2 aromatic heterocycles. The predicted octanol–water partition coefficient (Wildman–Crippen LogP) is 3.44. The van der Waals surface area contributed by atoms with E-state index in [-0.39, 0.29) is 28.9 Å². The van der Waals surface area contributed by atoms with Gasteiger partial charge >= 0.3 is 0 Å². The van der Waals surface area contributed by atoms with Crippen LogP contribution in [0.15, 0.2) is 76.7 Å². The molecule has 1 N–H and O–H groups in total. The summed E-state index contributed by atoms with van der Waals surface area (Å²) in [6, 6.07) is 15.4. The van der Waals surface area contributed by atoms with E-state index in [0.717, 1.165) is 42.7 Å². The fourth-order valence-electron chi connectivity index (χ4n) is 4.49. The molecule has 1 aliphatic carbocycles. The molecule has 1 saturated carbocycles. The minimum atomic E-state index is -3.87. The lowest BCUT2D eigenvalue weighted by atomic mass is 10.1. The van der Waals surface area contributed by atoms with Gasteiger partial charge in [0.1, 0.15) is 28.7 Å². The average Bonchev–Trinajstić information content (AvgIpc) is 3.61. The molecule has 0 saturated heterocycles. The van der Waals surface area contributed by atoms with Crippen LogP contribution in [0.3, 0.4) is 0 Å². The van der Waals surface area contributed by atoms with Crippen molar-refractivity contribution in [2.75, 3.05) is 7.11 Å². The molecular weight excluding hydrogens is 506 g/mol. The first-order valence-electron chi connectivity index (χ1n) is 12.3. The number of pyridine rings is 1. The minimum absolute atomic E-state index is 0.0291. The van der Waals surface area contributed by atoms with E-state index < -0.39 is 10.0 Å². The van der Waals surface area contributed by atoms with E-state index >= 15 is 0 Å². The summed E-state index contributed by atoms with van der Waals surface area (Å²) >= 11 is 0. The summed E-state index contributed by atoms with van der Waals surface area (Å²) in [6.07, 6.45) is 7.02. The zero-order valence-corrected chi connectivity index (χ0v) is 22.0. The Morgan fingerprint density at radius 1 is 1.00 bits per heavy atom. The van der Waals surface area contributed by atoms with Crippen molar-refractivity contribution in [1.29, 1.82) is 0 Å². The minimum Gasteiger partial charge on any atom is -0.497 e. The van der Waals surface area contributed by atoms with Crippen molar-refractivity contribution < 1.29 is 17.9 Å². The van der Waals surface area contributed by atoms with Crippen LogP contribution in [-0.2, 0) is 23.7 Å². The van der Waals surface area contributed by atoms with Gasteiger partial charge in [-0.2, -0.15) is 0 Å². The monoisotopic (exact) mass is 535 g/mol. The lowest BCUT2D eigenvalue weighted by Gasteiger charge is -2.17. The van der Waals surface area contributed by atoms with Crippen molar-refractivity contribution >= 4 is 10.0 Å². The zero-order valence-electron chi connectivity index (χ0n) is 21.2. The Kier molecular flexibility index (Phi) is 7.30. The molecule has 5 rings (SSSR count). The topological polar surface area (TPSA) is 117 Å². The lowest BCUT2D eigenvalue weighted by molar-refractivity contribution is 0.293. The van der Waals surface area contributed by atoms with Crippen LogP contribution >= 0.6 is 0 Å². The van der Waals surface area contributed by atoms with Gasteiger partial charge in [-0.25, -0.2) is 17.8 Å². The molecule has 10 nitrogen and oxygen atoms in total. The van der Waals surface area contributed by atoms with E-state index in [2.05, 4.69) is 15.0 Å². The Hall–Kier alpha value is -3.96. The Labute approximate surface area is 220 Å². The number of nitrogens with one attached hydrogen (secondary N) is 1. The number of methoxy groups -OCH3 is 1. The molecule has 1 fully saturated rings. The van der Waals surface area contributed by atoms with Crippen molar-refractivity contribution in [2.24, 2.45) is 7.05 Å². The standard InChI is InChI=1S/C27H29N5O5S/c1-31-16-20(8-14-27(31)33)19-7-13-25(26(15-19)38(34,35)29-21-5-3-4-6-21)37-18-22-17-32(30-28-22)23-9-11-24(36-2)12-10-23/h7-17,21,29H,3-6,18H2,1-2H3. The van der Waals surface area contributed by atoms with Gasteiger partial charge in [0.15, 0.2) is 0 Å². The Balaban J connectivity index is 1.42. The summed E-state index contributed by atoms with van der Waals surface area (Å²) < 4.78 is 44.0. The number of benzene rings is 2. The molecule has 198 valence electrons. The van der Waals surface area contributed by atoms with Crippen molar-refractivity contribution in [3.8, 4) is 28.3 Å². The first-order chi connectivity index (χ1) is 18.3. The molecule has 1 aliphatic rings. The van der Waals surface area contributed by atoms with Crippen LogP contribution in [0, 0.1) is 0 Å². The molecular formula is C27H29N5O5S. The van der Waals surface area contributed by atoms with Gasteiger partial charge in [0, 0.05) is 25.4 Å². The molecule has 0 aliphatic heterocycles. The first kappa shape index (κ1) is 25.7. The molecule has 4 aromatic rings. The number of sulfonamides is 1. The normalized spacial score (nSPS) is 14.1. The van der Waals surface area contributed by atoms with E-state index in [1.807, 2.05) is 24.3 Å². The SMILES string of the molecule is COc1ccc(-n2cc(COc3ccc(-c4ccc(=O)n(C)c4)cc3S(=O)(=O)NC3CCCC3)nn2)cc1. The summed E-state index contributed by atoms with van der Waals surface area (Å²) in [5, 5.41) is 8.32. The fourth-order valence-corrected chi connectivity index (χ4v) is 5.96. The molecule has 0 unspecified atom stereocenters. The summed E-state index contributed by atoms with van der Waals surface area (Å²) in [4.78, 5) is 11.9. The summed E-state index contributed by atoms with van der Waals surface area (Å²) in [5.41, 5.74) is 2.57. The third-order valence-corrected chi connectivity index (χ3v) is 8.12. The van der Waals surface area contributed by atoms with Crippen molar-refractivity contribution in [2.45, 2.75) is 43.2 Å². The zero-order chi connectivity index (χ0) is 26.7. The van der Waals surface area contributed by atoms with Crippen LogP contribution in [0.25, 0.3) is 16.8 Å².